The minimum Gasteiger partial charge on any atom is -0.371 e. The average molecular weight is 230 g/mol. The van der Waals surface area contributed by atoms with Crippen LogP contribution in [0.3, 0.4) is 0 Å². The highest BCUT2D eigenvalue weighted by molar-refractivity contribution is 6.30. The van der Waals surface area contributed by atoms with E-state index in [1.54, 1.807) is 0 Å². The lowest BCUT2D eigenvalue weighted by molar-refractivity contribution is -0.129. The van der Waals surface area contributed by atoms with Gasteiger partial charge in [-0.3, -0.25) is 9.78 Å². The zero-order valence-corrected chi connectivity index (χ0v) is 8.63. The first kappa shape index (κ1) is 10.5. The van der Waals surface area contributed by atoms with Crippen LogP contribution in [0.2, 0.25) is 5.02 Å². The van der Waals surface area contributed by atoms with Crippen LogP contribution in [-0.4, -0.2) is 17.4 Å². The Hall–Kier alpha value is -1.00. The molecule has 2 rings (SSSR count). The van der Waals surface area contributed by atoms with Gasteiger partial charge in [-0.25, -0.2) is 4.39 Å². The van der Waals surface area contributed by atoms with Gasteiger partial charge in [0.15, 0.2) is 0 Å². The summed E-state index contributed by atoms with van der Waals surface area (Å²) >= 11 is 5.57. The maximum atomic E-state index is 13.4. The Bertz CT molecular complexity index is 397. The van der Waals surface area contributed by atoms with Crippen molar-refractivity contribution in [3.63, 3.8) is 0 Å². The molecule has 0 amide bonds. The molecule has 0 radical (unpaired) electrons. The first-order valence-corrected chi connectivity index (χ1v) is 4.99. The molecule has 1 aromatic heterocycles. The first-order chi connectivity index (χ1) is 7.16. The fourth-order valence-electron chi connectivity index (χ4n) is 1.52. The van der Waals surface area contributed by atoms with Gasteiger partial charge in [-0.05, 0) is 6.07 Å². The maximum absolute atomic E-state index is 13.4. The molecule has 0 saturated carbocycles. The fourth-order valence-corrected chi connectivity index (χ4v) is 1.67. The summed E-state index contributed by atoms with van der Waals surface area (Å²) in [6, 6.07) is 1.17. The Kier molecular flexibility index (Phi) is 2.98. The van der Waals surface area contributed by atoms with Gasteiger partial charge >= 0.3 is 0 Å². The lowest BCUT2D eigenvalue weighted by Gasteiger charge is -2.21. The molecule has 3 nitrogen and oxygen atoms in total. The predicted molar refractivity (Wildman–Crippen MR) is 52.1 cm³/mol. The van der Waals surface area contributed by atoms with Crippen LogP contribution in [0.15, 0.2) is 12.3 Å². The van der Waals surface area contributed by atoms with Gasteiger partial charge in [0.1, 0.15) is 23.4 Å². The zero-order chi connectivity index (χ0) is 10.8. The molecule has 0 N–H and O–H groups in total. The van der Waals surface area contributed by atoms with Crippen LogP contribution in [0.4, 0.5) is 4.39 Å². The van der Waals surface area contributed by atoms with E-state index in [2.05, 4.69) is 4.98 Å². The molecule has 1 atom stereocenters. The van der Waals surface area contributed by atoms with E-state index in [9.17, 15) is 9.18 Å². The van der Waals surface area contributed by atoms with E-state index in [4.69, 9.17) is 16.3 Å². The second-order valence-corrected chi connectivity index (χ2v) is 3.81. The number of aromatic nitrogens is 1. The number of hydrogen-bond donors (Lipinski definition) is 0. The molecule has 0 bridgehead atoms. The number of pyridine rings is 1. The van der Waals surface area contributed by atoms with Crippen molar-refractivity contribution in [2.24, 2.45) is 0 Å². The summed E-state index contributed by atoms with van der Waals surface area (Å²) in [4.78, 5) is 15.0. The molecule has 15 heavy (non-hydrogen) atoms. The second-order valence-electron chi connectivity index (χ2n) is 3.37. The van der Waals surface area contributed by atoms with Crippen molar-refractivity contribution in [1.29, 1.82) is 0 Å². The summed E-state index contributed by atoms with van der Waals surface area (Å²) in [5.74, 6) is -0.454. The number of Topliss-reactive ketones (excluding diaryl/α,β-unsaturated/α-hetero) is 1. The van der Waals surface area contributed by atoms with E-state index in [1.165, 1.54) is 12.3 Å². The molecule has 1 fully saturated rings. The monoisotopic (exact) mass is 229 g/mol. The normalized spacial score (nSPS) is 21.7. The number of rotatable bonds is 1. The Morgan fingerprint density at radius 3 is 3.07 bits per heavy atom. The molecule has 1 unspecified atom stereocenters. The molecule has 0 spiro atoms. The summed E-state index contributed by atoms with van der Waals surface area (Å²) in [6.45, 7) is 0.327. The molecule has 0 aliphatic carbocycles. The van der Waals surface area contributed by atoms with Crippen molar-refractivity contribution in [1.82, 2.24) is 4.98 Å². The van der Waals surface area contributed by atoms with Crippen LogP contribution < -0.4 is 0 Å². The number of hydrogen-bond acceptors (Lipinski definition) is 3. The molecule has 5 heteroatoms. The van der Waals surface area contributed by atoms with Gasteiger partial charge in [-0.1, -0.05) is 11.6 Å². The minimum absolute atomic E-state index is 0.0717. The van der Waals surface area contributed by atoms with E-state index in [-0.39, 0.29) is 22.9 Å². The van der Waals surface area contributed by atoms with Crippen molar-refractivity contribution in [2.75, 3.05) is 6.61 Å². The van der Waals surface area contributed by atoms with Gasteiger partial charge < -0.3 is 4.74 Å². The van der Waals surface area contributed by atoms with Gasteiger partial charge in [0, 0.05) is 19.0 Å². The van der Waals surface area contributed by atoms with Gasteiger partial charge in [0.2, 0.25) is 0 Å². The highest BCUT2D eigenvalue weighted by atomic mass is 35.5. The van der Waals surface area contributed by atoms with Gasteiger partial charge in [0.05, 0.1) is 11.6 Å². The highest BCUT2D eigenvalue weighted by Gasteiger charge is 2.25. The SMILES string of the molecule is O=C1CCOC(c2ncc(Cl)cc2F)C1. The topological polar surface area (TPSA) is 39.2 Å². The van der Waals surface area contributed by atoms with Crippen molar-refractivity contribution in [2.45, 2.75) is 18.9 Å². The van der Waals surface area contributed by atoms with Crippen molar-refractivity contribution in [3.8, 4) is 0 Å². The summed E-state index contributed by atoms with van der Waals surface area (Å²) < 4.78 is 18.7. The third kappa shape index (κ3) is 2.33. The fraction of sp³-hybridized carbons (Fsp3) is 0.400. The van der Waals surface area contributed by atoms with Crippen molar-refractivity contribution >= 4 is 17.4 Å². The lowest BCUT2D eigenvalue weighted by atomic mass is 10.0. The smallest absolute Gasteiger partial charge is 0.148 e. The number of ketones is 1. The quantitative estimate of drug-likeness (QED) is 0.742. The second kappa shape index (κ2) is 4.24. The maximum Gasteiger partial charge on any atom is 0.148 e. The van der Waals surface area contributed by atoms with E-state index in [1.807, 2.05) is 0 Å². The Morgan fingerprint density at radius 2 is 2.40 bits per heavy atom. The van der Waals surface area contributed by atoms with Gasteiger partial charge in [-0.15, -0.1) is 0 Å². The predicted octanol–water partition coefficient (Wildman–Crippen LogP) is 2.29. The number of ether oxygens (including phenoxy) is 1. The van der Waals surface area contributed by atoms with Crippen molar-refractivity contribution in [3.05, 3.63) is 28.8 Å². The summed E-state index contributed by atoms with van der Waals surface area (Å²) in [7, 11) is 0. The molecule has 1 aromatic rings. The van der Waals surface area contributed by atoms with Crippen LogP contribution in [0.1, 0.15) is 24.6 Å². The first-order valence-electron chi connectivity index (χ1n) is 4.61. The van der Waals surface area contributed by atoms with Crippen LogP contribution in [0, 0.1) is 5.82 Å². The molecular weight excluding hydrogens is 221 g/mol. The molecule has 0 aromatic carbocycles. The summed E-state index contributed by atoms with van der Waals surface area (Å²) in [5, 5.41) is 0.235. The Balaban J connectivity index is 2.24. The van der Waals surface area contributed by atoms with E-state index >= 15 is 0 Å². The van der Waals surface area contributed by atoms with E-state index in [0.717, 1.165) is 0 Å². The van der Waals surface area contributed by atoms with E-state index in [0.29, 0.717) is 13.0 Å². The molecule has 2 heterocycles. The Labute approximate surface area is 91.2 Å². The number of carbonyl (C=O) groups excluding carboxylic acids is 1. The number of halogens is 2. The van der Waals surface area contributed by atoms with Gasteiger partial charge in [-0.2, -0.15) is 0 Å². The van der Waals surface area contributed by atoms with Crippen LogP contribution in [-0.2, 0) is 9.53 Å². The third-order valence-electron chi connectivity index (χ3n) is 2.25. The van der Waals surface area contributed by atoms with E-state index < -0.39 is 11.9 Å². The van der Waals surface area contributed by atoms with Crippen LogP contribution in [0.25, 0.3) is 0 Å². The zero-order valence-electron chi connectivity index (χ0n) is 7.87. The lowest BCUT2D eigenvalue weighted by Crippen LogP contribution is -2.21. The molecule has 1 aliphatic heterocycles. The minimum atomic E-state index is -0.566. The standard InChI is InChI=1S/C10H9ClFNO2/c11-6-3-8(12)10(13-5-6)9-4-7(14)1-2-15-9/h3,5,9H,1-2,4H2. The third-order valence-corrected chi connectivity index (χ3v) is 2.46. The summed E-state index contributed by atoms with van der Waals surface area (Å²) in [6.07, 6.45) is 1.36. The molecule has 80 valence electrons. The van der Waals surface area contributed by atoms with Crippen LogP contribution in [0.5, 0.6) is 0 Å². The highest BCUT2D eigenvalue weighted by Crippen LogP contribution is 2.27. The number of carbonyl (C=O) groups is 1. The average Bonchev–Trinajstić information content (AvgIpc) is 2.17. The number of nitrogens with zero attached hydrogens (tertiary/aromatic N) is 1. The Morgan fingerprint density at radius 1 is 1.60 bits per heavy atom. The molecule has 1 saturated heterocycles. The largest absolute Gasteiger partial charge is 0.371 e. The van der Waals surface area contributed by atoms with Crippen LogP contribution >= 0.6 is 11.6 Å². The molecule has 1 aliphatic rings. The molecular formula is C10H9ClFNO2. The van der Waals surface area contributed by atoms with Gasteiger partial charge in [0.25, 0.3) is 0 Å². The summed E-state index contributed by atoms with van der Waals surface area (Å²) in [5.41, 5.74) is 0.160. The van der Waals surface area contributed by atoms with Crippen molar-refractivity contribution < 1.29 is 13.9 Å².